The van der Waals surface area contributed by atoms with E-state index in [1.54, 1.807) is 14.2 Å². The number of nitrogens with zero attached hydrogens (tertiary/aromatic N) is 1. The first-order valence-electron chi connectivity index (χ1n) is 9.02. The molecular weight excluding hydrogens is 356 g/mol. The van der Waals surface area contributed by atoms with Crippen LogP contribution in [0, 0.1) is 6.92 Å². The lowest BCUT2D eigenvalue weighted by molar-refractivity contribution is -0.123. The molecule has 1 atom stereocenters. The van der Waals surface area contributed by atoms with Crippen molar-refractivity contribution >= 4 is 16.8 Å². The minimum Gasteiger partial charge on any atom is -0.497 e. The Kier molecular flexibility index (Phi) is 5.99. The average Bonchev–Trinajstić information content (AvgIpc) is 2.71. The van der Waals surface area contributed by atoms with Crippen molar-refractivity contribution < 1.29 is 19.0 Å². The Morgan fingerprint density at radius 1 is 1.07 bits per heavy atom. The number of ether oxygens (including phenoxy) is 3. The number of hydrogen-bond donors (Lipinski definition) is 1. The Morgan fingerprint density at radius 3 is 2.61 bits per heavy atom. The molecule has 0 aliphatic carbocycles. The lowest BCUT2D eigenvalue weighted by Crippen LogP contribution is -2.31. The van der Waals surface area contributed by atoms with Crippen molar-refractivity contribution in [2.24, 2.45) is 0 Å². The summed E-state index contributed by atoms with van der Waals surface area (Å²) < 4.78 is 16.5. The van der Waals surface area contributed by atoms with Crippen LogP contribution < -0.4 is 19.5 Å². The van der Waals surface area contributed by atoms with Crippen LogP contribution in [0.5, 0.6) is 17.2 Å². The van der Waals surface area contributed by atoms with Crippen molar-refractivity contribution in [2.75, 3.05) is 20.8 Å². The Hall–Kier alpha value is -3.28. The lowest BCUT2D eigenvalue weighted by atomic mass is 10.1. The first kappa shape index (κ1) is 19.5. The molecule has 1 aromatic heterocycles. The van der Waals surface area contributed by atoms with E-state index in [4.69, 9.17) is 14.2 Å². The molecule has 0 radical (unpaired) electrons. The molecule has 146 valence electrons. The van der Waals surface area contributed by atoms with Crippen molar-refractivity contribution in [3.63, 3.8) is 0 Å². The zero-order valence-electron chi connectivity index (χ0n) is 16.5. The first-order valence-corrected chi connectivity index (χ1v) is 9.02. The van der Waals surface area contributed by atoms with Crippen molar-refractivity contribution in [1.29, 1.82) is 0 Å². The smallest absolute Gasteiger partial charge is 0.258 e. The van der Waals surface area contributed by atoms with Crippen molar-refractivity contribution in [3.8, 4) is 17.2 Å². The standard InChI is InChI=1S/C22H24N2O4/c1-14-11-21(18-12-16(26-3)9-10-19(18)23-14)28-13-22(25)24-15(2)17-7-5-6-8-20(17)27-4/h5-12,15H,13H2,1-4H3,(H,24,25). The number of pyridine rings is 1. The Labute approximate surface area is 164 Å². The maximum Gasteiger partial charge on any atom is 0.258 e. The van der Waals surface area contributed by atoms with Gasteiger partial charge in [0.2, 0.25) is 0 Å². The molecular formula is C22H24N2O4. The summed E-state index contributed by atoms with van der Waals surface area (Å²) in [5.74, 6) is 1.82. The zero-order valence-corrected chi connectivity index (χ0v) is 16.5. The van der Waals surface area contributed by atoms with Gasteiger partial charge in [-0.15, -0.1) is 0 Å². The summed E-state index contributed by atoms with van der Waals surface area (Å²) in [5, 5.41) is 3.74. The number of aromatic nitrogens is 1. The SMILES string of the molecule is COc1ccc2nc(C)cc(OCC(=O)NC(C)c3ccccc3OC)c2c1. The molecule has 0 saturated carbocycles. The van der Waals surface area contributed by atoms with E-state index in [1.165, 1.54) is 0 Å². The van der Waals surface area contributed by atoms with Crippen molar-refractivity contribution in [1.82, 2.24) is 10.3 Å². The minimum absolute atomic E-state index is 0.102. The van der Waals surface area contributed by atoms with Crippen LogP contribution in [0.3, 0.4) is 0 Å². The molecule has 28 heavy (non-hydrogen) atoms. The van der Waals surface area contributed by atoms with Gasteiger partial charge in [0.05, 0.1) is 25.8 Å². The summed E-state index contributed by atoms with van der Waals surface area (Å²) in [7, 11) is 3.22. The molecule has 0 saturated heterocycles. The van der Waals surface area contributed by atoms with E-state index in [0.717, 1.165) is 27.9 Å². The van der Waals surface area contributed by atoms with E-state index in [9.17, 15) is 4.79 Å². The predicted molar refractivity (Wildman–Crippen MR) is 108 cm³/mol. The molecule has 0 bridgehead atoms. The van der Waals surface area contributed by atoms with E-state index in [-0.39, 0.29) is 18.6 Å². The Bertz CT molecular complexity index is 987. The monoisotopic (exact) mass is 380 g/mol. The van der Waals surface area contributed by atoms with Crippen molar-refractivity contribution in [3.05, 3.63) is 59.8 Å². The number of aryl methyl sites for hydroxylation is 1. The van der Waals surface area contributed by atoms with Gasteiger partial charge in [-0.2, -0.15) is 0 Å². The summed E-state index contributed by atoms with van der Waals surface area (Å²) in [4.78, 5) is 16.9. The van der Waals surface area contributed by atoms with E-state index in [2.05, 4.69) is 10.3 Å². The van der Waals surface area contributed by atoms with Gasteiger partial charge in [-0.05, 0) is 38.1 Å². The Morgan fingerprint density at radius 2 is 1.86 bits per heavy atom. The summed E-state index contributed by atoms with van der Waals surface area (Å²) >= 11 is 0. The fourth-order valence-corrected chi connectivity index (χ4v) is 3.07. The topological polar surface area (TPSA) is 69.7 Å². The second-order valence-corrected chi connectivity index (χ2v) is 6.46. The van der Waals surface area contributed by atoms with Crippen LogP contribution in [0.2, 0.25) is 0 Å². The fourth-order valence-electron chi connectivity index (χ4n) is 3.07. The summed E-state index contributed by atoms with van der Waals surface area (Å²) in [6.07, 6.45) is 0. The van der Waals surface area contributed by atoms with Gasteiger partial charge in [-0.1, -0.05) is 18.2 Å². The second-order valence-electron chi connectivity index (χ2n) is 6.46. The number of fused-ring (bicyclic) bond motifs is 1. The van der Waals surface area contributed by atoms with Crippen LogP contribution in [0.25, 0.3) is 10.9 Å². The number of nitrogens with one attached hydrogen (secondary N) is 1. The van der Waals surface area contributed by atoms with Crippen LogP contribution in [0.1, 0.15) is 24.2 Å². The predicted octanol–water partition coefficient (Wildman–Crippen LogP) is 3.82. The molecule has 3 rings (SSSR count). The largest absolute Gasteiger partial charge is 0.497 e. The molecule has 1 unspecified atom stereocenters. The normalized spacial score (nSPS) is 11.7. The van der Waals surface area contributed by atoms with Gasteiger partial charge in [0.25, 0.3) is 5.91 Å². The highest BCUT2D eigenvalue weighted by atomic mass is 16.5. The van der Waals surface area contributed by atoms with Gasteiger partial charge in [-0.3, -0.25) is 9.78 Å². The van der Waals surface area contributed by atoms with Gasteiger partial charge in [0, 0.05) is 22.7 Å². The molecule has 0 spiro atoms. The number of amides is 1. The van der Waals surface area contributed by atoms with E-state index < -0.39 is 0 Å². The molecule has 1 heterocycles. The highest BCUT2D eigenvalue weighted by Gasteiger charge is 2.15. The third-order valence-corrected chi connectivity index (χ3v) is 4.45. The van der Waals surface area contributed by atoms with Gasteiger partial charge in [-0.25, -0.2) is 0 Å². The number of carbonyl (C=O) groups is 1. The van der Waals surface area contributed by atoms with Crippen molar-refractivity contribution in [2.45, 2.75) is 19.9 Å². The molecule has 6 nitrogen and oxygen atoms in total. The summed E-state index contributed by atoms with van der Waals surface area (Å²) in [6.45, 7) is 3.70. The molecule has 2 aromatic carbocycles. The summed E-state index contributed by atoms with van der Waals surface area (Å²) in [5.41, 5.74) is 2.52. The molecule has 1 amide bonds. The molecule has 0 aliphatic rings. The fraction of sp³-hybridized carbons (Fsp3) is 0.273. The molecule has 0 aliphatic heterocycles. The second kappa shape index (κ2) is 8.61. The lowest BCUT2D eigenvalue weighted by Gasteiger charge is -2.17. The number of para-hydroxylation sites is 1. The molecule has 3 aromatic rings. The van der Waals surface area contributed by atoms with Gasteiger partial charge >= 0.3 is 0 Å². The van der Waals surface area contributed by atoms with Crippen LogP contribution in [0.15, 0.2) is 48.5 Å². The number of methoxy groups -OCH3 is 2. The van der Waals surface area contributed by atoms with E-state index in [0.29, 0.717) is 11.5 Å². The van der Waals surface area contributed by atoms with Crippen LogP contribution >= 0.6 is 0 Å². The number of benzene rings is 2. The average molecular weight is 380 g/mol. The quantitative estimate of drug-likeness (QED) is 0.675. The third-order valence-electron chi connectivity index (χ3n) is 4.45. The highest BCUT2D eigenvalue weighted by Crippen LogP contribution is 2.29. The number of hydrogen-bond acceptors (Lipinski definition) is 5. The number of rotatable bonds is 7. The van der Waals surface area contributed by atoms with Gasteiger partial charge in [0.1, 0.15) is 17.2 Å². The highest BCUT2D eigenvalue weighted by molar-refractivity contribution is 5.87. The van der Waals surface area contributed by atoms with Crippen LogP contribution in [-0.4, -0.2) is 31.7 Å². The van der Waals surface area contributed by atoms with Crippen LogP contribution in [-0.2, 0) is 4.79 Å². The van der Waals surface area contributed by atoms with Gasteiger partial charge < -0.3 is 19.5 Å². The van der Waals surface area contributed by atoms with Gasteiger partial charge in [0.15, 0.2) is 6.61 Å². The molecule has 6 heteroatoms. The minimum atomic E-state index is -0.219. The summed E-state index contributed by atoms with van der Waals surface area (Å²) in [6, 6.07) is 14.8. The van der Waals surface area contributed by atoms with E-state index >= 15 is 0 Å². The number of carbonyl (C=O) groups excluding carboxylic acids is 1. The van der Waals surface area contributed by atoms with Crippen LogP contribution in [0.4, 0.5) is 0 Å². The molecule has 1 N–H and O–H groups in total. The first-order chi connectivity index (χ1) is 13.5. The Balaban J connectivity index is 1.72. The van der Waals surface area contributed by atoms with E-state index in [1.807, 2.05) is 62.4 Å². The maximum absolute atomic E-state index is 12.4. The zero-order chi connectivity index (χ0) is 20.1. The third kappa shape index (κ3) is 4.34. The maximum atomic E-state index is 12.4. The molecule has 0 fully saturated rings.